The van der Waals surface area contributed by atoms with Gasteiger partial charge in [0, 0.05) is 17.8 Å². The lowest BCUT2D eigenvalue weighted by Crippen LogP contribution is -2.43. The molecule has 1 fully saturated rings. The highest BCUT2D eigenvalue weighted by Crippen LogP contribution is 2.31. The summed E-state index contributed by atoms with van der Waals surface area (Å²) in [6.07, 6.45) is 1.06. The van der Waals surface area contributed by atoms with Crippen LogP contribution in [-0.2, 0) is 14.8 Å². The van der Waals surface area contributed by atoms with Gasteiger partial charge in [0.2, 0.25) is 21.8 Å². The summed E-state index contributed by atoms with van der Waals surface area (Å²) in [4.78, 5) is 24.6. The van der Waals surface area contributed by atoms with Crippen LogP contribution in [0.15, 0.2) is 35.2 Å². The van der Waals surface area contributed by atoms with E-state index in [-0.39, 0.29) is 10.8 Å². The number of nitrogens with zero attached hydrogens (tertiary/aromatic N) is 1. The molecule has 0 bridgehead atoms. The second-order valence-electron chi connectivity index (χ2n) is 7.88. The van der Waals surface area contributed by atoms with E-state index in [0.29, 0.717) is 47.3 Å². The third-order valence-corrected chi connectivity index (χ3v) is 7.65. The number of rotatable bonds is 5. The number of anilines is 1. The van der Waals surface area contributed by atoms with Crippen LogP contribution in [0, 0.1) is 27.7 Å². The highest BCUT2D eigenvalue weighted by atomic mass is 32.2. The van der Waals surface area contributed by atoms with Gasteiger partial charge >= 0.3 is 0 Å². The molecule has 160 valence electrons. The van der Waals surface area contributed by atoms with Crippen molar-refractivity contribution in [2.75, 3.05) is 11.9 Å². The van der Waals surface area contributed by atoms with Crippen molar-refractivity contribution in [3.63, 3.8) is 0 Å². The van der Waals surface area contributed by atoms with Gasteiger partial charge in [0.1, 0.15) is 6.04 Å². The van der Waals surface area contributed by atoms with Crippen LogP contribution in [0.2, 0.25) is 0 Å². The fourth-order valence-electron chi connectivity index (χ4n) is 4.22. The van der Waals surface area contributed by atoms with Crippen molar-refractivity contribution in [1.29, 1.82) is 0 Å². The van der Waals surface area contributed by atoms with Crippen molar-refractivity contribution in [2.45, 2.75) is 51.5 Å². The molecule has 2 aromatic rings. The second-order valence-corrected chi connectivity index (χ2v) is 9.71. The van der Waals surface area contributed by atoms with Crippen LogP contribution in [0.3, 0.4) is 0 Å². The molecule has 0 aromatic heterocycles. The lowest BCUT2D eigenvalue weighted by molar-refractivity contribution is -0.119. The Labute approximate surface area is 177 Å². The number of primary amides is 1. The van der Waals surface area contributed by atoms with E-state index in [4.69, 9.17) is 5.73 Å². The molecule has 3 N–H and O–H groups in total. The van der Waals surface area contributed by atoms with Crippen molar-refractivity contribution >= 4 is 27.5 Å². The van der Waals surface area contributed by atoms with Crippen LogP contribution in [0.5, 0.6) is 0 Å². The van der Waals surface area contributed by atoms with Crippen molar-refractivity contribution in [2.24, 2.45) is 5.73 Å². The van der Waals surface area contributed by atoms with Gasteiger partial charge in [-0.3, -0.25) is 9.59 Å². The first-order chi connectivity index (χ1) is 14.0. The average Bonchev–Trinajstić information content (AvgIpc) is 3.11. The molecule has 7 nitrogen and oxygen atoms in total. The Bertz CT molecular complexity index is 1100. The Hall–Kier alpha value is -2.71. The predicted molar refractivity (Wildman–Crippen MR) is 116 cm³/mol. The number of nitrogens with one attached hydrogen (secondary N) is 1. The number of hydrogen-bond acceptors (Lipinski definition) is 4. The van der Waals surface area contributed by atoms with Gasteiger partial charge in [0.05, 0.1) is 4.90 Å². The van der Waals surface area contributed by atoms with Gasteiger partial charge in [-0.15, -0.1) is 0 Å². The molecule has 0 radical (unpaired) electrons. The molecule has 0 aliphatic carbocycles. The van der Waals surface area contributed by atoms with Crippen LogP contribution >= 0.6 is 0 Å². The summed E-state index contributed by atoms with van der Waals surface area (Å²) in [7, 11) is -3.82. The molecule has 2 aromatic carbocycles. The summed E-state index contributed by atoms with van der Waals surface area (Å²) in [6.45, 7) is 7.51. The Kier molecular flexibility index (Phi) is 6.01. The minimum Gasteiger partial charge on any atom is -0.366 e. The first kappa shape index (κ1) is 22.0. The molecule has 2 amide bonds. The van der Waals surface area contributed by atoms with Gasteiger partial charge in [-0.2, -0.15) is 4.31 Å². The summed E-state index contributed by atoms with van der Waals surface area (Å²) in [5, 5.41) is 2.79. The SMILES string of the molecule is Cc1cc(C)c(S(=O)(=O)N2CCCC2C(=O)Nc2ccc(C(N)=O)c(C)c2)c(C)c1. The van der Waals surface area contributed by atoms with Gasteiger partial charge in [0.15, 0.2) is 0 Å². The number of hydrogen-bond donors (Lipinski definition) is 2. The molecule has 1 aliphatic rings. The zero-order valence-corrected chi connectivity index (χ0v) is 18.5. The molecule has 1 aliphatic heterocycles. The first-order valence-corrected chi connectivity index (χ1v) is 11.3. The number of carbonyl (C=O) groups is 2. The van der Waals surface area contributed by atoms with E-state index >= 15 is 0 Å². The molecule has 3 rings (SSSR count). The molecule has 1 unspecified atom stereocenters. The van der Waals surface area contributed by atoms with Crippen LogP contribution in [0.1, 0.15) is 45.5 Å². The minimum atomic E-state index is -3.82. The van der Waals surface area contributed by atoms with Gasteiger partial charge in [-0.25, -0.2) is 8.42 Å². The van der Waals surface area contributed by atoms with E-state index in [1.165, 1.54) is 4.31 Å². The zero-order valence-electron chi connectivity index (χ0n) is 17.7. The lowest BCUT2D eigenvalue weighted by Gasteiger charge is -2.25. The summed E-state index contributed by atoms with van der Waals surface area (Å²) in [6, 6.07) is 7.69. The van der Waals surface area contributed by atoms with E-state index < -0.39 is 22.0 Å². The fraction of sp³-hybridized carbons (Fsp3) is 0.364. The van der Waals surface area contributed by atoms with Crippen molar-refractivity contribution in [3.05, 3.63) is 58.1 Å². The van der Waals surface area contributed by atoms with Gasteiger partial charge in [0.25, 0.3) is 0 Å². The Balaban J connectivity index is 1.88. The number of carbonyl (C=O) groups excluding carboxylic acids is 2. The topological polar surface area (TPSA) is 110 Å². The molecular formula is C22H27N3O4S. The van der Waals surface area contributed by atoms with Crippen molar-refractivity contribution in [3.8, 4) is 0 Å². The van der Waals surface area contributed by atoms with Crippen LogP contribution in [0.4, 0.5) is 5.69 Å². The van der Waals surface area contributed by atoms with E-state index in [1.807, 2.05) is 19.1 Å². The molecule has 8 heteroatoms. The summed E-state index contributed by atoms with van der Waals surface area (Å²) < 4.78 is 28.1. The van der Waals surface area contributed by atoms with E-state index in [0.717, 1.165) is 5.56 Å². The van der Waals surface area contributed by atoms with Crippen LogP contribution in [0.25, 0.3) is 0 Å². The van der Waals surface area contributed by atoms with Gasteiger partial charge in [-0.05, 0) is 75.4 Å². The monoisotopic (exact) mass is 429 g/mol. The molecule has 1 saturated heterocycles. The maximum absolute atomic E-state index is 13.4. The van der Waals surface area contributed by atoms with E-state index in [1.54, 1.807) is 39.0 Å². The smallest absolute Gasteiger partial charge is 0.248 e. The summed E-state index contributed by atoms with van der Waals surface area (Å²) >= 11 is 0. The third-order valence-electron chi connectivity index (χ3n) is 5.44. The van der Waals surface area contributed by atoms with E-state index in [9.17, 15) is 18.0 Å². The number of sulfonamides is 1. The number of aryl methyl sites for hydroxylation is 4. The molecule has 0 saturated carbocycles. The third kappa shape index (κ3) is 4.11. The van der Waals surface area contributed by atoms with Crippen molar-refractivity contribution in [1.82, 2.24) is 4.31 Å². The standard InChI is InChI=1S/C22H27N3O4S/c1-13-10-15(3)20(16(4)11-13)30(28,29)25-9-5-6-19(25)22(27)24-17-7-8-18(21(23)26)14(2)12-17/h7-8,10-12,19H,5-6,9H2,1-4H3,(H2,23,26)(H,24,27). The molecule has 1 heterocycles. The molecule has 0 spiro atoms. The maximum Gasteiger partial charge on any atom is 0.248 e. The van der Waals surface area contributed by atoms with Crippen molar-refractivity contribution < 1.29 is 18.0 Å². The van der Waals surface area contributed by atoms with Crippen LogP contribution < -0.4 is 11.1 Å². The number of amides is 2. The Morgan fingerprint density at radius 1 is 1.03 bits per heavy atom. The van der Waals surface area contributed by atoms with Gasteiger partial charge < -0.3 is 11.1 Å². The van der Waals surface area contributed by atoms with E-state index in [2.05, 4.69) is 5.32 Å². The normalized spacial score (nSPS) is 17.1. The summed E-state index contributed by atoms with van der Waals surface area (Å²) in [5.74, 6) is -0.924. The van der Waals surface area contributed by atoms with Gasteiger partial charge in [-0.1, -0.05) is 17.7 Å². The molecular weight excluding hydrogens is 402 g/mol. The predicted octanol–water partition coefficient (Wildman–Crippen LogP) is 2.81. The number of nitrogens with two attached hydrogens (primary N) is 1. The average molecular weight is 430 g/mol. The Morgan fingerprint density at radius 3 is 2.23 bits per heavy atom. The highest BCUT2D eigenvalue weighted by molar-refractivity contribution is 7.89. The maximum atomic E-state index is 13.4. The minimum absolute atomic E-state index is 0.273. The number of benzene rings is 2. The first-order valence-electron chi connectivity index (χ1n) is 9.83. The highest BCUT2D eigenvalue weighted by Gasteiger charge is 2.40. The quantitative estimate of drug-likeness (QED) is 0.761. The largest absolute Gasteiger partial charge is 0.366 e. The zero-order chi connectivity index (χ0) is 22.2. The summed E-state index contributed by atoms with van der Waals surface area (Å²) in [5.41, 5.74) is 9.18. The molecule has 30 heavy (non-hydrogen) atoms. The molecule has 1 atom stereocenters. The van der Waals surface area contributed by atoms with Crippen LogP contribution in [-0.4, -0.2) is 37.1 Å². The fourth-order valence-corrected chi connectivity index (χ4v) is 6.30. The second kappa shape index (κ2) is 8.20. The Morgan fingerprint density at radius 2 is 1.67 bits per heavy atom. The lowest BCUT2D eigenvalue weighted by atomic mass is 10.1.